The molecule has 0 bridgehead atoms. The van der Waals surface area contributed by atoms with E-state index < -0.39 is 0 Å². The van der Waals surface area contributed by atoms with Crippen molar-refractivity contribution in [1.29, 1.82) is 0 Å². The maximum atomic E-state index is 5.81. The Labute approximate surface area is 166 Å². The molecule has 0 atom stereocenters. The van der Waals surface area contributed by atoms with Crippen LogP contribution in [0, 0.1) is 12.3 Å². The number of hydrogen-bond acceptors (Lipinski definition) is 3. The molecule has 2 aromatic rings. The normalized spacial score (nSPS) is 10.9. The van der Waals surface area contributed by atoms with Crippen molar-refractivity contribution in [2.75, 3.05) is 26.2 Å². The van der Waals surface area contributed by atoms with Gasteiger partial charge in [-0.2, -0.15) is 0 Å². The van der Waals surface area contributed by atoms with Gasteiger partial charge in [-0.1, -0.05) is 35.7 Å². The number of guanidine groups is 1. The van der Waals surface area contributed by atoms with Crippen LogP contribution in [0.3, 0.4) is 0 Å². The molecule has 0 amide bonds. The van der Waals surface area contributed by atoms with Gasteiger partial charge in [0.1, 0.15) is 17.5 Å². The fourth-order valence-corrected chi connectivity index (χ4v) is 2.51. The fraction of sp³-hybridized carbons (Fsp3) is 0.333. The van der Waals surface area contributed by atoms with Gasteiger partial charge in [-0.25, -0.2) is 4.98 Å². The molecule has 1 heterocycles. The highest BCUT2D eigenvalue weighted by Gasteiger charge is 2.00. The summed E-state index contributed by atoms with van der Waals surface area (Å²) in [6.07, 6.45) is 8.69. The van der Waals surface area contributed by atoms with Gasteiger partial charge in [0.15, 0.2) is 5.96 Å². The molecule has 1 aromatic carbocycles. The number of halogens is 1. The first-order valence-corrected chi connectivity index (χ1v) is 9.37. The Morgan fingerprint density at radius 3 is 2.59 bits per heavy atom. The molecule has 6 heteroatoms. The van der Waals surface area contributed by atoms with E-state index in [-0.39, 0.29) is 6.61 Å². The van der Waals surface area contributed by atoms with Crippen molar-refractivity contribution in [3.8, 4) is 18.1 Å². The highest BCUT2D eigenvalue weighted by molar-refractivity contribution is 6.29. The van der Waals surface area contributed by atoms with E-state index in [0.717, 1.165) is 43.2 Å². The number of benzene rings is 1. The van der Waals surface area contributed by atoms with Gasteiger partial charge in [0.25, 0.3) is 0 Å². The lowest BCUT2D eigenvalue weighted by Crippen LogP contribution is -2.38. The van der Waals surface area contributed by atoms with Gasteiger partial charge in [0, 0.05) is 25.8 Å². The summed E-state index contributed by atoms with van der Waals surface area (Å²) in [5.41, 5.74) is 2.34. The number of rotatable bonds is 9. The predicted octanol–water partition coefficient (Wildman–Crippen LogP) is 3.09. The molecular formula is C21H25ClN4O. The summed E-state index contributed by atoms with van der Waals surface area (Å²) in [5.74, 6) is 4.05. The summed E-state index contributed by atoms with van der Waals surface area (Å²) in [6.45, 7) is 4.62. The summed E-state index contributed by atoms with van der Waals surface area (Å²) in [5, 5.41) is 7.11. The number of ether oxygens (including phenoxy) is 1. The molecular weight excluding hydrogens is 360 g/mol. The van der Waals surface area contributed by atoms with Gasteiger partial charge in [-0.15, -0.1) is 6.42 Å². The molecule has 0 spiro atoms. The highest BCUT2D eigenvalue weighted by Crippen LogP contribution is 2.12. The van der Waals surface area contributed by atoms with E-state index >= 15 is 0 Å². The van der Waals surface area contributed by atoms with E-state index in [9.17, 15) is 0 Å². The van der Waals surface area contributed by atoms with E-state index in [1.807, 2.05) is 30.3 Å². The van der Waals surface area contributed by atoms with Crippen LogP contribution in [0.15, 0.2) is 47.6 Å². The van der Waals surface area contributed by atoms with Crippen LogP contribution in [-0.2, 0) is 12.8 Å². The topological polar surface area (TPSA) is 58.5 Å². The van der Waals surface area contributed by atoms with Gasteiger partial charge in [-0.05, 0) is 49.1 Å². The van der Waals surface area contributed by atoms with Gasteiger partial charge < -0.3 is 15.4 Å². The first-order chi connectivity index (χ1) is 13.2. The third-order valence-corrected chi connectivity index (χ3v) is 3.98. The van der Waals surface area contributed by atoms with Crippen molar-refractivity contribution in [2.24, 2.45) is 4.99 Å². The fourth-order valence-electron chi connectivity index (χ4n) is 2.40. The first-order valence-electron chi connectivity index (χ1n) is 8.99. The van der Waals surface area contributed by atoms with Crippen molar-refractivity contribution in [3.63, 3.8) is 0 Å². The van der Waals surface area contributed by atoms with Crippen LogP contribution in [0.4, 0.5) is 0 Å². The lowest BCUT2D eigenvalue weighted by atomic mass is 10.1. The van der Waals surface area contributed by atoms with Gasteiger partial charge in [0.2, 0.25) is 0 Å². The molecule has 2 rings (SSSR count). The summed E-state index contributed by atoms with van der Waals surface area (Å²) in [6, 6.07) is 11.7. The summed E-state index contributed by atoms with van der Waals surface area (Å²) >= 11 is 5.81. The van der Waals surface area contributed by atoms with Crippen LogP contribution in [-0.4, -0.2) is 37.2 Å². The Kier molecular flexibility index (Phi) is 9.02. The number of nitrogens with one attached hydrogen (secondary N) is 2. The lowest BCUT2D eigenvalue weighted by molar-refractivity contribution is 0.370. The third-order valence-electron chi connectivity index (χ3n) is 3.75. The van der Waals surface area contributed by atoms with Crippen LogP contribution in [0.1, 0.15) is 18.1 Å². The van der Waals surface area contributed by atoms with E-state index in [1.54, 1.807) is 12.3 Å². The second kappa shape index (κ2) is 11.8. The zero-order chi connectivity index (χ0) is 19.3. The number of hydrogen-bond donors (Lipinski definition) is 2. The molecule has 27 heavy (non-hydrogen) atoms. The quantitative estimate of drug-likeness (QED) is 0.302. The molecule has 2 N–H and O–H groups in total. The van der Waals surface area contributed by atoms with Crippen LogP contribution < -0.4 is 15.4 Å². The Hall–Kier alpha value is -2.71. The van der Waals surface area contributed by atoms with Crippen LogP contribution in [0.25, 0.3) is 0 Å². The molecule has 142 valence electrons. The highest BCUT2D eigenvalue weighted by atomic mass is 35.5. The molecule has 0 saturated carbocycles. The van der Waals surface area contributed by atoms with Crippen molar-refractivity contribution in [3.05, 3.63) is 58.9 Å². The lowest BCUT2D eigenvalue weighted by Gasteiger charge is -2.11. The minimum atomic E-state index is 0.285. The smallest absolute Gasteiger partial charge is 0.191 e. The molecule has 0 aliphatic heterocycles. The summed E-state index contributed by atoms with van der Waals surface area (Å²) in [4.78, 5) is 8.72. The van der Waals surface area contributed by atoms with Crippen molar-refractivity contribution < 1.29 is 4.74 Å². The molecule has 0 aliphatic carbocycles. The largest absolute Gasteiger partial charge is 0.481 e. The number of terminal acetylenes is 1. The Bertz CT molecular complexity index is 751. The molecule has 1 aromatic heterocycles. The monoisotopic (exact) mass is 384 g/mol. The van der Waals surface area contributed by atoms with Gasteiger partial charge >= 0.3 is 0 Å². The SMILES string of the molecule is C#CCOc1ccc(CCN=C(NCC)NCCc2ccc(Cl)nc2)cc1. The summed E-state index contributed by atoms with van der Waals surface area (Å²) in [7, 11) is 0. The Morgan fingerprint density at radius 2 is 1.93 bits per heavy atom. The minimum Gasteiger partial charge on any atom is -0.481 e. The maximum Gasteiger partial charge on any atom is 0.191 e. The molecule has 0 aliphatic rings. The van der Waals surface area contributed by atoms with Crippen molar-refractivity contribution in [2.45, 2.75) is 19.8 Å². The second-order valence-corrected chi connectivity index (χ2v) is 6.20. The molecule has 0 unspecified atom stereocenters. The van der Waals surface area contributed by atoms with Crippen LogP contribution >= 0.6 is 11.6 Å². The molecule has 0 fully saturated rings. The van der Waals surface area contributed by atoms with Crippen molar-refractivity contribution >= 4 is 17.6 Å². The molecule has 0 radical (unpaired) electrons. The van der Waals surface area contributed by atoms with Gasteiger partial charge in [0.05, 0.1) is 0 Å². The second-order valence-electron chi connectivity index (χ2n) is 5.81. The van der Waals surface area contributed by atoms with Crippen LogP contribution in [0.2, 0.25) is 5.15 Å². The summed E-state index contributed by atoms with van der Waals surface area (Å²) < 4.78 is 5.38. The average molecular weight is 385 g/mol. The van der Waals surface area contributed by atoms with Crippen LogP contribution in [0.5, 0.6) is 5.75 Å². The van der Waals surface area contributed by atoms with Crippen molar-refractivity contribution in [1.82, 2.24) is 15.6 Å². The van der Waals surface area contributed by atoms with E-state index in [4.69, 9.17) is 22.8 Å². The average Bonchev–Trinajstić information content (AvgIpc) is 2.69. The molecule has 5 nitrogen and oxygen atoms in total. The Balaban J connectivity index is 1.78. The number of aromatic nitrogens is 1. The maximum absolute atomic E-state index is 5.81. The number of pyridine rings is 1. The van der Waals surface area contributed by atoms with E-state index in [0.29, 0.717) is 11.7 Å². The number of nitrogens with zero attached hydrogens (tertiary/aromatic N) is 2. The first kappa shape index (κ1) is 20.6. The molecule has 0 saturated heterocycles. The zero-order valence-corrected chi connectivity index (χ0v) is 16.3. The zero-order valence-electron chi connectivity index (χ0n) is 15.5. The van der Waals surface area contributed by atoms with Gasteiger partial charge in [-0.3, -0.25) is 4.99 Å². The standard InChI is InChI=1S/C21H25ClN4O/c1-3-15-27-19-8-5-17(6-9-19)11-13-24-21(23-4-2)25-14-12-18-7-10-20(22)26-16-18/h1,5-10,16H,4,11-15H2,2H3,(H2,23,24,25). The minimum absolute atomic E-state index is 0.285. The number of aliphatic imine (C=N–C) groups is 1. The predicted molar refractivity (Wildman–Crippen MR) is 111 cm³/mol. The third kappa shape index (κ3) is 8.02. The Morgan fingerprint density at radius 1 is 1.15 bits per heavy atom. The van der Waals surface area contributed by atoms with E-state index in [2.05, 4.69) is 33.5 Å². The van der Waals surface area contributed by atoms with E-state index in [1.165, 1.54) is 5.56 Å².